The average molecular weight is 410 g/mol. The van der Waals surface area contributed by atoms with Crippen LogP contribution in [0.5, 0.6) is 17.5 Å². The van der Waals surface area contributed by atoms with Crippen molar-refractivity contribution in [2.24, 2.45) is 0 Å². The van der Waals surface area contributed by atoms with E-state index in [1.54, 1.807) is 0 Å². The topological polar surface area (TPSA) is 164 Å². The third-order valence-corrected chi connectivity index (χ3v) is 4.52. The van der Waals surface area contributed by atoms with Crippen molar-refractivity contribution in [2.45, 2.75) is 5.92 Å². The quantitative estimate of drug-likeness (QED) is 0.348. The monoisotopic (exact) mass is 409 g/mol. The van der Waals surface area contributed by atoms with Gasteiger partial charge in [-0.25, -0.2) is 9.59 Å². The van der Waals surface area contributed by atoms with Crippen molar-refractivity contribution in [3.8, 4) is 17.5 Å². The lowest BCUT2D eigenvalue weighted by atomic mass is 9.85. The zero-order valence-corrected chi connectivity index (χ0v) is 14.4. The second-order valence-corrected chi connectivity index (χ2v) is 6.49. The lowest BCUT2D eigenvalue weighted by molar-refractivity contribution is -0.276. The first-order chi connectivity index (χ1) is 12.8. The molecule has 3 aromatic rings. The molecular weight excluding hydrogens is 403 g/mol. The van der Waals surface area contributed by atoms with Crippen LogP contribution in [0.3, 0.4) is 0 Å². The Morgan fingerprint density at radius 3 is 2.19 bits per heavy atom. The molecule has 10 nitrogen and oxygen atoms in total. The van der Waals surface area contributed by atoms with Crippen LogP contribution < -0.4 is 32.3 Å². The normalized spacial score (nSPS) is 15.0. The Labute approximate surface area is 157 Å². The molecule has 3 heterocycles. The molecule has 0 aliphatic carbocycles. The molecule has 0 radical (unpaired) electrons. The Balaban J connectivity index is 2.17. The van der Waals surface area contributed by atoms with Gasteiger partial charge in [0.1, 0.15) is 0 Å². The number of hydrogen-bond acceptors (Lipinski definition) is 6. The molecule has 0 amide bonds. The van der Waals surface area contributed by atoms with Crippen molar-refractivity contribution in [1.29, 1.82) is 0 Å². The van der Waals surface area contributed by atoms with Gasteiger partial charge in [0.05, 0.1) is 16.5 Å². The van der Waals surface area contributed by atoms with E-state index in [1.165, 1.54) is 12.1 Å². The van der Waals surface area contributed by atoms with E-state index in [9.17, 15) is 24.3 Å². The number of hydrogen-bond donors (Lipinski definition) is 4. The lowest BCUT2D eigenvalue weighted by Crippen LogP contribution is -2.35. The number of H-pyrrole nitrogens is 4. The highest BCUT2D eigenvalue weighted by Crippen LogP contribution is 2.48. The van der Waals surface area contributed by atoms with E-state index in [1.807, 2.05) is 15.0 Å². The SMILES string of the molecule is O=c1[nH]c([O-])c(C2c3cc(Cl)cc(Cl)c3Oc3[nH]c(=O)[nH]c(=O)c32)c(=O)[nH]1. The standard InChI is InChI=1S/C15H8Cl2N4O6/c16-3-1-4-6(7-10(22)18-14(25)19-11(7)23)8-12(24)20-15(26)21-13(8)27-9(4)5(17)2-3/h1-2,6H,(H2,20,21,24,26)(H3,18,19,22,23,25)/p-1. The van der Waals surface area contributed by atoms with Gasteiger partial charge in [0.2, 0.25) is 5.88 Å². The van der Waals surface area contributed by atoms with Crippen LogP contribution in [0.2, 0.25) is 10.0 Å². The molecule has 2 aromatic heterocycles. The van der Waals surface area contributed by atoms with E-state index in [0.717, 1.165) is 0 Å². The highest BCUT2D eigenvalue weighted by atomic mass is 35.5. The summed E-state index contributed by atoms with van der Waals surface area (Å²) in [5.74, 6) is -2.58. The van der Waals surface area contributed by atoms with Crippen molar-refractivity contribution in [2.75, 3.05) is 0 Å². The van der Waals surface area contributed by atoms with Gasteiger partial charge in [-0.3, -0.25) is 24.5 Å². The van der Waals surface area contributed by atoms with Gasteiger partial charge < -0.3 is 14.8 Å². The van der Waals surface area contributed by atoms with Crippen LogP contribution in [-0.2, 0) is 0 Å². The van der Waals surface area contributed by atoms with E-state index in [2.05, 4.69) is 4.98 Å². The highest BCUT2D eigenvalue weighted by molar-refractivity contribution is 6.35. The molecule has 0 fully saturated rings. The number of halogens is 2. The molecule has 4 rings (SSSR count). The predicted molar refractivity (Wildman–Crippen MR) is 92.3 cm³/mol. The Hall–Kier alpha value is -3.24. The van der Waals surface area contributed by atoms with Crippen LogP contribution in [0, 0.1) is 0 Å². The van der Waals surface area contributed by atoms with Gasteiger partial charge in [0, 0.05) is 16.1 Å². The summed E-state index contributed by atoms with van der Waals surface area (Å²) in [6.45, 7) is 0. The molecule has 27 heavy (non-hydrogen) atoms. The maximum absolute atomic E-state index is 12.4. The summed E-state index contributed by atoms with van der Waals surface area (Å²) in [4.78, 5) is 55.9. The number of rotatable bonds is 1. The van der Waals surface area contributed by atoms with E-state index >= 15 is 0 Å². The summed E-state index contributed by atoms with van der Waals surface area (Å²) >= 11 is 12.2. The minimum absolute atomic E-state index is 0.00446. The molecule has 4 N–H and O–H groups in total. The molecule has 138 valence electrons. The molecule has 12 heteroatoms. The third-order valence-electron chi connectivity index (χ3n) is 4.02. The van der Waals surface area contributed by atoms with Gasteiger partial charge in [-0.15, -0.1) is 0 Å². The van der Waals surface area contributed by atoms with Crippen molar-refractivity contribution >= 4 is 23.2 Å². The Bertz CT molecular complexity index is 1310. The van der Waals surface area contributed by atoms with Gasteiger partial charge in [0.25, 0.3) is 11.1 Å². The predicted octanol–water partition coefficient (Wildman–Crippen LogP) is 0.106. The van der Waals surface area contributed by atoms with Crippen LogP contribution >= 0.6 is 23.2 Å². The fourth-order valence-electron chi connectivity index (χ4n) is 3.02. The molecule has 1 aromatic carbocycles. The molecule has 1 unspecified atom stereocenters. The lowest BCUT2D eigenvalue weighted by Gasteiger charge is -2.29. The first-order valence-electron chi connectivity index (χ1n) is 7.33. The van der Waals surface area contributed by atoms with E-state index in [-0.39, 0.29) is 32.8 Å². The smallest absolute Gasteiger partial charge is 0.328 e. The van der Waals surface area contributed by atoms with Gasteiger partial charge in [-0.2, -0.15) is 0 Å². The molecule has 0 bridgehead atoms. The maximum atomic E-state index is 12.4. The zero-order chi connectivity index (χ0) is 19.5. The van der Waals surface area contributed by atoms with E-state index in [4.69, 9.17) is 27.9 Å². The molecule has 0 spiro atoms. The van der Waals surface area contributed by atoms with Crippen LogP contribution in [0.4, 0.5) is 0 Å². The van der Waals surface area contributed by atoms with Crippen LogP contribution in [-0.4, -0.2) is 19.9 Å². The summed E-state index contributed by atoms with van der Waals surface area (Å²) in [6, 6.07) is 2.72. The van der Waals surface area contributed by atoms with Crippen molar-refractivity contribution in [3.63, 3.8) is 0 Å². The number of fused-ring (bicyclic) bond motifs is 2. The number of ether oxygens (including phenoxy) is 1. The first kappa shape index (κ1) is 17.2. The summed E-state index contributed by atoms with van der Waals surface area (Å²) in [6.07, 6.45) is 0. The van der Waals surface area contributed by atoms with Crippen LogP contribution in [0.25, 0.3) is 0 Å². The average Bonchev–Trinajstić information content (AvgIpc) is 2.53. The minimum atomic E-state index is -1.30. The van der Waals surface area contributed by atoms with Crippen molar-refractivity contribution in [1.82, 2.24) is 19.9 Å². The zero-order valence-electron chi connectivity index (χ0n) is 12.9. The minimum Gasteiger partial charge on any atom is -0.860 e. The summed E-state index contributed by atoms with van der Waals surface area (Å²) in [5.41, 5.74) is -4.28. The Morgan fingerprint density at radius 2 is 1.52 bits per heavy atom. The first-order valence-corrected chi connectivity index (χ1v) is 8.08. The second-order valence-electron chi connectivity index (χ2n) is 5.64. The summed E-state index contributed by atoms with van der Waals surface area (Å²) in [5, 5.41) is 12.5. The fraction of sp³-hybridized carbons (Fsp3) is 0.0667. The molecule has 1 atom stereocenters. The second kappa shape index (κ2) is 5.89. The molecule has 0 saturated carbocycles. The number of nitrogens with one attached hydrogen (secondary N) is 4. The maximum Gasteiger partial charge on any atom is 0.328 e. The fourth-order valence-corrected chi connectivity index (χ4v) is 3.56. The summed E-state index contributed by atoms with van der Waals surface area (Å²) in [7, 11) is 0. The molecule has 1 aliphatic heterocycles. The molecule has 0 saturated heterocycles. The molecular formula is C15H7Cl2N4O6-. The van der Waals surface area contributed by atoms with Gasteiger partial charge in [0.15, 0.2) is 5.75 Å². The van der Waals surface area contributed by atoms with Crippen molar-refractivity contribution < 1.29 is 9.84 Å². The number of aromatic amines is 4. The van der Waals surface area contributed by atoms with Gasteiger partial charge in [-0.05, 0) is 18.0 Å². The van der Waals surface area contributed by atoms with Crippen LogP contribution in [0.15, 0.2) is 31.3 Å². The van der Waals surface area contributed by atoms with Gasteiger partial charge in [-0.1, -0.05) is 23.2 Å². The highest BCUT2D eigenvalue weighted by Gasteiger charge is 2.36. The number of benzene rings is 1. The third kappa shape index (κ3) is 2.66. The largest absolute Gasteiger partial charge is 0.860 e. The van der Waals surface area contributed by atoms with Crippen molar-refractivity contribution in [3.05, 3.63) is 80.5 Å². The van der Waals surface area contributed by atoms with Crippen LogP contribution in [0.1, 0.15) is 22.6 Å². The Kier molecular flexibility index (Phi) is 3.75. The van der Waals surface area contributed by atoms with Gasteiger partial charge >= 0.3 is 11.4 Å². The molecule has 1 aliphatic rings. The number of aromatic nitrogens is 4. The van der Waals surface area contributed by atoms with E-state index < -0.39 is 39.9 Å². The van der Waals surface area contributed by atoms with E-state index in [0.29, 0.717) is 0 Å². The summed E-state index contributed by atoms with van der Waals surface area (Å²) < 4.78 is 5.53. The Morgan fingerprint density at radius 1 is 0.889 bits per heavy atom.